The predicted molar refractivity (Wildman–Crippen MR) is 151 cm³/mol. The summed E-state index contributed by atoms with van der Waals surface area (Å²) in [4.78, 5) is 19.3. The first kappa shape index (κ1) is 25.3. The van der Waals surface area contributed by atoms with E-state index in [1.54, 1.807) is 12.3 Å². The lowest BCUT2D eigenvalue weighted by Gasteiger charge is -2.25. The van der Waals surface area contributed by atoms with Crippen LogP contribution in [0.15, 0.2) is 83.4 Å². The molecule has 0 spiro atoms. The minimum Gasteiger partial charge on any atom is -0.459 e. The van der Waals surface area contributed by atoms with Crippen LogP contribution in [0.4, 0.5) is 5.69 Å². The number of carbonyl (C=O) groups is 1. The molecule has 37 heavy (non-hydrogen) atoms. The van der Waals surface area contributed by atoms with E-state index in [4.69, 9.17) is 39.8 Å². The van der Waals surface area contributed by atoms with E-state index in [0.717, 1.165) is 16.9 Å². The smallest absolute Gasteiger partial charge is 0.226 e. The average molecular weight is 551 g/mol. The number of thiocarbonyl (C=S) groups is 1. The van der Waals surface area contributed by atoms with Crippen molar-refractivity contribution in [2.45, 2.75) is 25.4 Å². The number of aromatic nitrogens is 1. The molecule has 188 valence electrons. The van der Waals surface area contributed by atoms with Crippen LogP contribution in [0.2, 0.25) is 10.0 Å². The van der Waals surface area contributed by atoms with Crippen LogP contribution in [0.25, 0.3) is 11.3 Å². The summed E-state index contributed by atoms with van der Waals surface area (Å²) in [5.41, 5.74) is 3.37. The number of halogens is 2. The molecule has 4 aromatic rings. The molecule has 9 heteroatoms. The molecule has 0 radical (unpaired) electrons. The number of amides is 1. The van der Waals surface area contributed by atoms with E-state index in [2.05, 4.69) is 15.6 Å². The number of nitrogens with zero attached hydrogens (tertiary/aromatic N) is 2. The lowest BCUT2D eigenvalue weighted by Crippen LogP contribution is -2.32. The van der Waals surface area contributed by atoms with Gasteiger partial charge in [-0.2, -0.15) is 0 Å². The number of rotatable bonds is 7. The fraction of sp³-hybridized carbons (Fsp3) is 0.179. The van der Waals surface area contributed by atoms with Crippen molar-refractivity contribution in [3.63, 3.8) is 0 Å². The molecule has 6 nitrogen and oxygen atoms in total. The topological polar surface area (TPSA) is 70.4 Å². The van der Waals surface area contributed by atoms with Crippen molar-refractivity contribution in [1.82, 2.24) is 15.2 Å². The van der Waals surface area contributed by atoms with Gasteiger partial charge in [-0.25, -0.2) is 0 Å². The normalized spacial score (nSPS) is 17.1. The Hall–Kier alpha value is -3.39. The van der Waals surface area contributed by atoms with E-state index in [0.29, 0.717) is 38.8 Å². The zero-order valence-electron chi connectivity index (χ0n) is 19.9. The van der Waals surface area contributed by atoms with Crippen molar-refractivity contribution in [1.29, 1.82) is 0 Å². The maximum absolute atomic E-state index is 12.8. The Morgan fingerprint density at radius 2 is 1.95 bits per heavy atom. The van der Waals surface area contributed by atoms with Gasteiger partial charge in [0.05, 0.1) is 21.8 Å². The third kappa shape index (κ3) is 5.49. The molecule has 1 aliphatic heterocycles. The second-order valence-electron chi connectivity index (χ2n) is 8.79. The molecule has 2 atom stereocenters. The zero-order chi connectivity index (χ0) is 25.9. The van der Waals surface area contributed by atoms with Crippen LogP contribution >= 0.6 is 35.4 Å². The van der Waals surface area contributed by atoms with Crippen LogP contribution in [0.1, 0.15) is 35.5 Å². The molecule has 3 heterocycles. The maximum atomic E-state index is 12.8. The van der Waals surface area contributed by atoms with Gasteiger partial charge in [-0.05, 0) is 73.2 Å². The lowest BCUT2D eigenvalue weighted by molar-refractivity contribution is -0.116. The summed E-state index contributed by atoms with van der Waals surface area (Å²) in [6.07, 6.45) is 1.99. The van der Waals surface area contributed by atoms with Gasteiger partial charge in [-0.15, -0.1) is 0 Å². The molecule has 0 saturated carbocycles. The first-order valence-electron chi connectivity index (χ1n) is 11.8. The molecule has 0 aliphatic carbocycles. The quantitative estimate of drug-likeness (QED) is 0.242. The largest absolute Gasteiger partial charge is 0.459 e. The third-order valence-corrected chi connectivity index (χ3v) is 7.39. The first-order chi connectivity index (χ1) is 17.9. The highest BCUT2D eigenvalue weighted by Gasteiger charge is 2.41. The summed E-state index contributed by atoms with van der Waals surface area (Å²) in [6, 6.07) is 22.1. The Labute approximate surface area is 230 Å². The van der Waals surface area contributed by atoms with E-state index in [1.165, 1.54) is 0 Å². The summed E-state index contributed by atoms with van der Waals surface area (Å²) in [5.74, 6) is 1.17. The van der Waals surface area contributed by atoms with Gasteiger partial charge in [0.2, 0.25) is 5.91 Å². The number of pyridine rings is 1. The van der Waals surface area contributed by atoms with Crippen LogP contribution in [-0.4, -0.2) is 27.4 Å². The van der Waals surface area contributed by atoms with Crippen molar-refractivity contribution in [2.24, 2.45) is 0 Å². The van der Waals surface area contributed by atoms with Gasteiger partial charge >= 0.3 is 0 Å². The van der Waals surface area contributed by atoms with Crippen molar-refractivity contribution < 1.29 is 9.21 Å². The number of aryl methyl sites for hydroxylation is 1. The lowest BCUT2D eigenvalue weighted by atomic mass is 10.0. The summed E-state index contributed by atoms with van der Waals surface area (Å²) in [7, 11) is 0. The molecule has 0 unspecified atom stereocenters. The van der Waals surface area contributed by atoms with Crippen molar-refractivity contribution in [2.75, 3.05) is 11.9 Å². The van der Waals surface area contributed by atoms with Crippen LogP contribution in [0.3, 0.4) is 0 Å². The molecule has 2 aromatic heterocycles. The monoisotopic (exact) mass is 550 g/mol. The highest BCUT2D eigenvalue weighted by molar-refractivity contribution is 7.80. The van der Waals surface area contributed by atoms with Gasteiger partial charge < -0.3 is 20.0 Å². The fourth-order valence-electron chi connectivity index (χ4n) is 4.47. The minimum atomic E-state index is -0.319. The highest BCUT2D eigenvalue weighted by Crippen LogP contribution is 2.42. The fourth-order valence-corrected chi connectivity index (χ4v) is 5.20. The van der Waals surface area contributed by atoms with Crippen LogP contribution < -0.4 is 10.6 Å². The number of furan rings is 1. The number of hydrogen-bond acceptors (Lipinski definition) is 4. The molecular weight excluding hydrogens is 527 g/mol. The van der Waals surface area contributed by atoms with Crippen LogP contribution in [0.5, 0.6) is 0 Å². The van der Waals surface area contributed by atoms with Gasteiger partial charge in [0.1, 0.15) is 17.6 Å². The Morgan fingerprint density at radius 3 is 2.73 bits per heavy atom. The molecule has 1 amide bonds. The summed E-state index contributed by atoms with van der Waals surface area (Å²) >= 11 is 18.4. The van der Waals surface area contributed by atoms with E-state index in [1.807, 2.05) is 78.6 Å². The zero-order valence-corrected chi connectivity index (χ0v) is 22.3. The van der Waals surface area contributed by atoms with Crippen molar-refractivity contribution in [3.8, 4) is 11.3 Å². The van der Waals surface area contributed by atoms with Crippen LogP contribution in [-0.2, 0) is 4.79 Å². The molecular formula is C28H24Cl2N4O2S. The molecule has 0 bridgehead atoms. The molecule has 1 fully saturated rings. The van der Waals surface area contributed by atoms with E-state index in [-0.39, 0.29) is 24.4 Å². The number of carbonyl (C=O) groups excluding carboxylic acids is 1. The number of anilines is 1. The second-order valence-corrected chi connectivity index (χ2v) is 9.96. The molecule has 1 saturated heterocycles. The van der Waals surface area contributed by atoms with Crippen molar-refractivity contribution >= 4 is 52.1 Å². The van der Waals surface area contributed by atoms with Crippen LogP contribution in [0, 0.1) is 6.92 Å². The number of nitrogens with one attached hydrogen (secondary N) is 2. The highest BCUT2D eigenvalue weighted by atomic mass is 35.5. The maximum Gasteiger partial charge on any atom is 0.226 e. The van der Waals surface area contributed by atoms with E-state index >= 15 is 0 Å². The molecule has 5 rings (SSSR count). The van der Waals surface area contributed by atoms with E-state index in [9.17, 15) is 4.79 Å². The Morgan fingerprint density at radius 1 is 1.11 bits per heavy atom. The Bertz CT molecular complexity index is 1440. The van der Waals surface area contributed by atoms with Crippen molar-refractivity contribution in [3.05, 3.63) is 106 Å². The van der Waals surface area contributed by atoms with Gasteiger partial charge in [-0.3, -0.25) is 9.78 Å². The second kappa shape index (κ2) is 10.9. The average Bonchev–Trinajstić information content (AvgIpc) is 3.49. The number of hydrogen-bond donors (Lipinski definition) is 2. The van der Waals surface area contributed by atoms with Gasteiger partial charge in [0.25, 0.3) is 0 Å². The first-order valence-corrected chi connectivity index (χ1v) is 13.0. The molecule has 1 aliphatic rings. The number of benzene rings is 2. The minimum absolute atomic E-state index is 0.0979. The third-order valence-electron chi connectivity index (χ3n) is 6.21. The summed E-state index contributed by atoms with van der Waals surface area (Å²) < 4.78 is 6.32. The standard InChI is InChI=1S/C28H24Cl2N4O2S/c1-17-6-4-7-18(16-17)32-24(35)13-15-34-27(26(33-28(34)37)21-10-2-3-14-31-21)23-12-11-22(36-23)19-8-5-9-20(29)25(19)30/h2-12,14,16,26-27H,13,15H2,1H3,(H,32,35)(H,33,37)/t26-,27+/m0/s1. The van der Waals surface area contributed by atoms with E-state index < -0.39 is 0 Å². The Balaban J connectivity index is 1.42. The van der Waals surface area contributed by atoms with Gasteiger partial charge in [0, 0.05) is 30.4 Å². The predicted octanol–water partition coefficient (Wildman–Crippen LogP) is 6.96. The molecule has 2 aromatic carbocycles. The SMILES string of the molecule is Cc1cccc(NC(=O)CCN2C(=S)N[C@@H](c3ccccn3)[C@H]2c2ccc(-c3cccc(Cl)c3Cl)o2)c1. The van der Waals surface area contributed by atoms with Gasteiger partial charge in [-0.1, -0.05) is 47.5 Å². The summed E-state index contributed by atoms with van der Waals surface area (Å²) in [5, 5.41) is 7.75. The van der Waals surface area contributed by atoms with Gasteiger partial charge in [0.15, 0.2) is 5.11 Å². The summed E-state index contributed by atoms with van der Waals surface area (Å²) in [6.45, 7) is 2.38. The molecule has 2 N–H and O–H groups in total. The Kier molecular flexibility index (Phi) is 7.46.